The Morgan fingerprint density at radius 1 is 1.73 bits per heavy atom. The van der Waals surface area contributed by atoms with Crippen molar-refractivity contribution < 1.29 is 4.74 Å². The predicted molar refractivity (Wildman–Crippen MR) is 68.1 cm³/mol. The average Bonchev–Trinajstić information content (AvgIpc) is 2.29. The van der Waals surface area contributed by atoms with Crippen molar-refractivity contribution >= 4 is 12.6 Å². The standard InChI is InChI=1S/C13H19BO/c1-4-15-13(14-3)10-11(2)12-8-6-5-7-9-12/h4-6,8,11H,1,7,9-10H2,2-3H3. The Balaban J connectivity index is 2.53. The molecule has 15 heavy (non-hydrogen) atoms. The number of hydrogen-bond donors (Lipinski definition) is 0. The molecule has 1 rings (SSSR count). The van der Waals surface area contributed by atoms with Gasteiger partial charge in [-0.2, -0.15) is 0 Å². The third kappa shape index (κ3) is 3.90. The van der Waals surface area contributed by atoms with E-state index in [1.54, 1.807) is 0 Å². The first-order valence-corrected chi connectivity index (χ1v) is 5.56. The van der Waals surface area contributed by atoms with Crippen LogP contribution in [0.1, 0.15) is 26.2 Å². The van der Waals surface area contributed by atoms with Gasteiger partial charge in [-0.1, -0.05) is 0 Å². The normalized spacial score (nSPS) is 17.7. The molecule has 0 aromatic carbocycles. The summed E-state index contributed by atoms with van der Waals surface area (Å²) in [5.74, 6) is 0.557. The van der Waals surface area contributed by atoms with Gasteiger partial charge in [0.05, 0.1) is 0 Å². The molecule has 0 saturated heterocycles. The van der Waals surface area contributed by atoms with Crippen LogP contribution in [0.3, 0.4) is 0 Å². The van der Waals surface area contributed by atoms with Gasteiger partial charge in [0.25, 0.3) is 0 Å². The molecule has 80 valence electrons. The zero-order chi connectivity index (χ0) is 11.1. The fourth-order valence-electron chi connectivity index (χ4n) is 1.81. The molecular weight excluding hydrogens is 183 g/mol. The second-order valence-corrected chi connectivity index (χ2v) is 3.85. The van der Waals surface area contributed by atoms with Crippen molar-refractivity contribution in [1.82, 2.24) is 0 Å². The Hall–Kier alpha value is -1.05. The average molecular weight is 202 g/mol. The van der Waals surface area contributed by atoms with Crippen molar-refractivity contribution in [2.45, 2.75) is 33.0 Å². The molecule has 2 heteroatoms. The van der Waals surface area contributed by atoms with E-state index in [0.717, 1.165) is 12.1 Å². The molecule has 1 nitrogen and oxygen atoms in total. The van der Waals surface area contributed by atoms with Gasteiger partial charge in [0.2, 0.25) is 0 Å². The van der Waals surface area contributed by atoms with Gasteiger partial charge >= 0.3 is 92.9 Å². The van der Waals surface area contributed by atoms with Crippen molar-refractivity contribution in [2.75, 3.05) is 0 Å². The molecule has 0 aromatic heterocycles. The summed E-state index contributed by atoms with van der Waals surface area (Å²) < 4.78 is 5.33. The Morgan fingerprint density at radius 3 is 3.07 bits per heavy atom. The van der Waals surface area contributed by atoms with Gasteiger partial charge in [0, 0.05) is 0 Å². The van der Waals surface area contributed by atoms with Gasteiger partial charge in [-0.25, -0.2) is 0 Å². The molecule has 0 spiro atoms. The van der Waals surface area contributed by atoms with Gasteiger partial charge in [0.1, 0.15) is 0 Å². The Bertz CT molecular complexity index is 300. The van der Waals surface area contributed by atoms with Crippen LogP contribution in [0, 0.1) is 5.92 Å². The summed E-state index contributed by atoms with van der Waals surface area (Å²) in [5.41, 5.74) is 2.53. The molecular formula is C13H19BO. The predicted octanol–water partition coefficient (Wildman–Crippen LogP) is 3.33. The van der Waals surface area contributed by atoms with Crippen LogP contribution < -0.4 is 0 Å². The van der Waals surface area contributed by atoms with E-state index in [-0.39, 0.29) is 0 Å². The van der Waals surface area contributed by atoms with E-state index in [4.69, 9.17) is 4.74 Å². The molecule has 0 bridgehead atoms. The van der Waals surface area contributed by atoms with Crippen molar-refractivity contribution in [3.63, 3.8) is 0 Å². The number of allylic oxidation sites excluding steroid dienone is 4. The van der Waals surface area contributed by atoms with E-state index in [1.165, 1.54) is 24.7 Å². The van der Waals surface area contributed by atoms with E-state index >= 15 is 0 Å². The fourth-order valence-corrected chi connectivity index (χ4v) is 1.81. The number of ether oxygens (including phenoxy) is 1. The van der Waals surface area contributed by atoms with Crippen LogP contribution in [-0.4, -0.2) is 12.6 Å². The zero-order valence-corrected chi connectivity index (χ0v) is 9.70. The summed E-state index contributed by atoms with van der Waals surface area (Å²) in [5, 5.41) is 0. The van der Waals surface area contributed by atoms with Gasteiger partial charge < -0.3 is 0 Å². The first-order chi connectivity index (χ1) is 7.27. The van der Waals surface area contributed by atoms with Gasteiger partial charge in [-0.3, -0.25) is 0 Å². The van der Waals surface area contributed by atoms with E-state index in [9.17, 15) is 0 Å². The monoisotopic (exact) mass is 202 g/mol. The SMILES string of the molecule is C=COC(=BC)CC(C)C1=CC=CCC1. The number of hydrogen-bond acceptors (Lipinski definition) is 1. The summed E-state index contributed by atoms with van der Waals surface area (Å²) in [7, 11) is 0. The first kappa shape index (κ1) is 12.0. The third-order valence-electron chi connectivity index (χ3n) is 2.74. The van der Waals surface area contributed by atoms with Crippen molar-refractivity contribution in [3.05, 3.63) is 36.6 Å². The molecule has 0 fully saturated rings. The molecule has 1 aliphatic rings. The van der Waals surface area contributed by atoms with Crippen LogP contribution in [0.2, 0.25) is 6.82 Å². The van der Waals surface area contributed by atoms with E-state index < -0.39 is 0 Å². The van der Waals surface area contributed by atoms with Crippen molar-refractivity contribution in [2.24, 2.45) is 5.92 Å². The summed E-state index contributed by atoms with van der Waals surface area (Å²) in [6.45, 7) is 9.84. The molecule has 1 aliphatic carbocycles. The van der Waals surface area contributed by atoms with Crippen LogP contribution >= 0.6 is 0 Å². The summed E-state index contributed by atoms with van der Waals surface area (Å²) in [4.78, 5) is 0. The van der Waals surface area contributed by atoms with Crippen LogP contribution in [0.5, 0.6) is 0 Å². The molecule has 0 saturated carbocycles. The third-order valence-corrected chi connectivity index (χ3v) is 2.74. The molecule has 0 radical (unpaired) electrons. The molecule has 0 N–H and O–H groups in total. The molecule has 1 unspecified atom stereocenters. The summed E-state index contributed by atoms with van der Waals surface area (Å²) in [6.07, 6.45) is 11.4. The topological polar surface area (TPSA) is 9.23 Å². The maximum atomic E-state index is 5.33. The zero-order valence-electron chi connectivity index (χ0n) is 9.70. The minimum absolute atomic E-state index is 0.557. The molecule has 0 aliphatic heterocycles. The molecule has 0 amide bonds. The quantitative estimate of drug-likeness (QED) is 0.490. The van der Waals surface area contributed by atoms with E-state index in [0.29, 0.717) is 5.92 Å². The van der Waals surface area contributed by atoms with Crippen LogP contribution in [0.15, 0.2) is 36.6 Å². The first-order valence-electron chi connectivity index (χ1n) is 5.56. The van der Waals surface area contributed by atoms with Crippen molar-refractivity contribution in [3.8, 4) is 0 Å². The van der Waals surface area contributed by atoms with Crippen LogP contribution in [0.25, 0.3) is 0 Å². The number of rotatable bonds is 5. The summed E-state index contributed by atoms with van der Waals surface area (Å²) in [6, 6.07) is 0. The molecule has 0 aromatic rings. The van der Waals surface area contributed by atoms with E-state index in [1.807, 2.05) is 13.7 Å². The Morgan fingerprint density at radius 2 is 2.53 bits per heavy atom. The van der Waals surface area contributed by atoms with Gasteiger partial charge in [-0.15, -0.1) is 0 Å². The molecule has 0 heterocycles. The Labute approximate surface area is 93.4 Å². The van der Waals surface area contributed by atoms with Crippen molar-refractivity contribution in [1.29, 1.82) is 0 Å². The Kier molecular flexibility index (Phi) is 5.16. The minimum atomic E-state index is 0.557. The molecule has 1 atom stereocenters. The second-order valence-electron chi connectivity index (χ2n) is 3.85. The maximum absolute atomic E-state index is 5.33. The van der Waals surface area contributed by atoms with Crippen LogP contribution in [-0.2, 0) is 4.74 Å². The van der Waals surface area contributed by atoms with Gasteiger partial charge in [0.15, 0.2) is 0 Å². The summed E-state index contributed by atoms with van der Waals surface area (Å²) >= 11 is 0. The fraction of sp³-hybridized carbons (Fsp3) is 0.462. The van der Waals surface area contributed by atoms with Crippen LogP contribution in [0.4, 0.5) is 0 Å². The van der Waals surface area contributed by atoms with Gasteiger partial charge in [-0.05, 0) is 0 Å². The second kappa shape index (κ2) is 6.44. The van der Waals surface area contributed by atoms with E-state index in [2.05, 4.69) is 31.7 Å².